The summed E-state index contributed by atoms with van der Waals surface area (Å²) in [7, 11) is 0. The SMILES string of the molecule is C=CCN(Cc1ccccc1)C(=O)[C@@H]1[C@H]2C(=O)N(CCCCO)C(C(=O)N(CC=C)c3ccc(N(CC)CC)cc3)C23S[C@@H]1CC3C. The zero-order valence-corrected chi connectivity index (χ0v) is 28.9. The molecule has 1 spiro atoms. The molecule has 47 heavy (non-hydrogen) atoms. The zero-order valence-electron chi connectivity index (χ0n) is 28.1. The van der Waals surface area contributed by atoms with Crippen LogP contribution in [0.4, 0.5) is 11.4 Å². The van der Waals surface area contributed by atoms with Gasteiger partial charge in [0.2, 0.25) is 11.8 Å². The normalized spacial score (nSPS) is 25.8. The molecule has 3 heterocycles. The number of unbranched alkanes of at least 4 members (excludes halogenated alkanes) is 1. The Morgan fingerprint density at radius 3 is 2.26 bits per heavy atom. The summed E-state index contributed by atoms with van der Waals surface area (Å²) in [6.07, 6.45) is 5.34. The second-order valence-electron chi connectivity index (χ2n) is 12.9. The highest BCUT2D eigenvalue weighted by Crippen LogP contribution is 2.69. The van der Waals surface area contributed by atoms with Crippen LogP contribution in [0.25, 0.3) is 0 Å². The van der Waals surface area contributed by atoms with Gasteiger partial charge >= 0.3 is 0 Å². The second kappa shape index (κ2) is 15.1. The van der Waals surface area contributed by atoms with Gasteiger partial charge in [-0.3, -0.25) is 14.4 Å². The first-order chi connectivity index (χ1) is 22.8. The number of aliphatic hydroxyl groups is 1. The third kappa shape index (κ3) is 6.36. The lowest BCUT2D eigenvalue weighted by molar-refractivity contribution is -0.144. The van der Waals surface area contributed by atoms with E-state index in [0.717, 1.165) is 36.4 Å². The van der Waals surface area contributed by atoms with Crippen molar-refractivity contribution in [1.82, 2.24) is 9.80 Å². The molecule has 3 unspecified atom stereocenters. The maximum Gasteiger partial charge on any atom is 0.251 e. The van der Waals surface area contributed by atoms with Crippen LogP contribution in [0.15, 0.2) is 79.9 Å². The first kappa shape index (κ1) is 34.8. The fraction of sp³-hybridized carbons (Fsp3) is 0.500. The van der Waals surface area contributed by atoms with Crippen molar-refractivity contribution < 1.29 is 19.5 Å². The zero-order chi connectivity index (χ0) is 33.7. The number of thioether (sulfide) groups is 1. The van der Waals surface area contributed by atoms with E-state index in [4.69, 9.17) is 0 Å². The second-order valence-corrected chi connectivity index (χ2v) is 14.5. The molecule has 6 atom stereocenters. The Morgan fingerprint density at radius 2 is 1.64 bits per heavy atom. The Labute approximate surface area is 284 Å². The Morgan fingerprint density at radius 1 is 0.979 bits per heavy atom. The summed E-state index contributed by atoms with van der Waals surface area (Å²) in [5.74, 6) is -1.36. The lowest BCUT2D eigenvalue weighted by Crippen LogP contribution is -2.57. The number of carbonyl (C=O) groups excluding carboxylic acids is 3. The lowest BCUT2D eigenvalue weighted by atomic mass is 9.65. The number of aliphatic hydroxyl groups excluding tert-OH is 1. The molecular weight excluding hydrogens is 609 g/mol. The molecule has 3 aliphatic rings. The van der Waals surface area contributed by atoms with E-state index in [2.05, 4.69) is 38.8 Å². The molecule has 0 radical (unpaired) electrons. The third-order valence-electron chi connectivity index (χ3n) is 10.3. The van der Waals surface area contributed by atoms with Gasteiger partial charge in [0.1, 0.15) is 6.04 Å². The van der Waals surface area contributed by atoms with Gasteiger partial charge in [0.25, 0.3) is 5.91 Å². The van der Waals surface area contributed by atoms with Crippen LogP contribution in [0.5, 0.6) is 0 Å². The number of amides is 3. The van der Waals surface area contributed by atoms with E-state index in [1.807, 2.05) is 59.5 Å². The van der Waals surface area contributed by atoms with Crippen LogP contribution >= 0.6 is 11.8 Å². The topological polar surface area (TPSA) is 84.4 Å². The van der Waals surface area contributed by atoms with Crippen molar-refractivity contribution in [2.24, 2.45) is 17.8 Å². The predicted molar refractivity (Wildman–Crippen MR) is 191 cm³/mol. The average molecular weight is 659 g/mol. The molecule has 8 nitrogen and oxygen atoms in total. The molecule has 252 valence electrons. The minimum atomic E-state index is -0.731. The smallest absolute Gasteiger partial charge is 0.251 e. The number of rotatable bonds is 16. The number of carbonyl (C=O) groups is 3. The average Bonchev–Trinajstić information content (AvgIpc) is 3.68. The summed E-state index contributed by atoms with van der Waals surface area (Å²) in [6.45, 7) is 17.5. The monoisotopic (exact) mass is 658 g/mol. The molecule has 0 aliphatic carbocycles. The molecule has 3 aliphatic heterocycles. The number of anilines is 2. The summed E-state index contributed by atoms with van der Waals surface area (Å²) in [4.78, 5) is 51.7. The van der Waals surface area contributed by atoms with Gasteiger partial charge in [-0.2, -0.15) is 0 Å². The molecule has 3 amide bonds. The van der Waals surface area contributed by atoms with E-state index in [1.54, 1.807) is 33.7 Å². The van der Waals surface area contributed by atoms with Crippen LogP contribution in [0, 0.1) is 17.8 Å². The third-order valence-corrected chi connectivity index (χ3v) is 12.4. The molecule has 9 heteroatoms. The van der Waals surface area contributed by atoms with Gasteiger partial charge in [-0.1, -0.05) is 49.4 Å². The van der Waals surface area contributed by atoms with Crippen LogP contribution in [0.1, 0.15) is 45.6 Å². The number of hydrogen-bond donors (Lipinski definition) is 1. The van der Waals surface area contributed by atoms with E-state index in [1.165, 1.54) is 0 Å². The molecule has 3 fully saturated rings. The van der Waals surface area contributed by atoms with Crippen LogP contribution in [0.2, 0.25) is 0 Å². The molecule has 2 bridgehead atoms. The van der Waals surface area contributed by atoms with Crippen LogP contribution in [0.3, 0.4) is 0 Å². The van der Waals surface area contributed by atoms with E-state index in [-0.39, 0.29) is 35.5 Å². The van der Waals surface area contributed by atoms with Crippen molar-refractivity contribution in [3.05, 3.63) is 85.5 Å². The van der Waals surface area contributed by atoms with Crippen LogP contribution in [-0.4, -0.2) is 88.0 Å². The van der Waals surface area contributed by atoms with Gasteiger partial charge in [-0.25, -0.2) is 0 Å². The number of likely N-dealkylation sites (tertiary alicyclic amines) is 1. The number of benzene rings is 2. The van der Waals surface area contributed by atoms with E-state index >= 15 is 0 Å². The van der Waals surface area contributed by atoms with Crippen molar-refractivity contribution in [2.75, 3.05) is 49.1 Å². The summed E-state index contributed by atoms with van der Waals surface area (Å²) in [6, 6.07) is 17.2. The van der Waals surface area contributed by atoms with Gasteiger partial charge in [0, 0.05) is 62.5 Å². The highest BCUT2D eigenvalue weighted by Gasteiger charge is 2.76. The summed E-state index contributed by atoms with van der Waals surface area (Å²) in [5.41, 5.74) is 2.86. The largest absolute Gasteiger partial charge is 0.396 e. The van der Waals surface area contributed by atoms with Gasteiger partial charge < -0.3 is 24.7 Å². The van der Waals surface area contributed by atoms with Crippen molar-refractivity contribution in [1.29, 1.82) is 0 Å². The Hall–Kier alpha value is -3.56. The quantitative estimate of drug-likeness (QED) is 0.193. The number of fused-ring (bicyclic) bond motifs is 1. The molecule has 0 aromatic heterocycles. The summed E-state index contributed by atoms with van der Waals surface area (Å²) >= 11 is 1.70. The van der Waals surface area contributed by atoms with Crippen LogP contribution in [-0.2, 0) is 20.9 Å². The van der Waals surface area contributed by atoms with Crippen molar-refractivity contribution in [3.63, 3.8) is 0 Å². The Balaban J connectivity index is 1.53. The van der Waals surface area contributed by atoms with Gasteiger partial charge in [0.15, 0.2) is 0 Å². The highest BCUT2D eigenvalue weighted by atomic mass is 32.2. The molecule has 1 N–H and O–H groups in total. The van der Waals surface area contributed by atoms with E-state index in [0.29, 0.717) is 39.0 Å². The minimum Gasteiger partial charge on any atom is -0.396 e. The van der Waals surface area contributed by atoms with Gasteiger partial charge in [-0.15, -0.1) is 24.9 Å². The van der Waals surface area contributed by atoms with Crippen molar-refractivity contribution >= 4 is 40.9 Å². The molecule has 0 saturated carbocycles. The number of nitrogens with zero attached hydrogens (tertiary/aromatic N) is 4. The molecule has 3 saturated heterocycles. The van der Waals surface area contributed by atoms with Gasteiger partial charge in [0.05, 0.1) is 16.6 Å². The number of hydrogen-bond acceptors (Lipinski definition) is 6. The summed E-state index contributed by atoms with van der Waals surface area (Å²) in [5, 5.41) is 9.53. The minimum absolute atomic E-state index is 0.0149. The van der Waals surface area contributed by atoms with Gasteiger partial charge in [-0.05, 0) is 68.9 Å². The summed E-state index contributed by atoms with van der Waals surface area (Å²) < 4.78 is -0.731. The Kier molecular flexibility index (Phi) is 11.2. The van der Waals surface area contributed by atoms with E-state index < -0.39 is 22.6 Å². The maximum absolute atomic E-state index is 15.0. The molecule has 2 aromatic carbocycles. The van der Waals surface area contributed by atoms with E-state index in [9.17, 15) is 19.5 Å². The fourth-order valence-corrected chi connectivity index (χ4v) is 10.6. The first-order valence-corrected chi connectivity index (χ1v) is 17.9. The highest BCUT2D eigenvalue weighted by molar-refractivity contribution is 8.02. The van der Waals surface area contributed by atoms with Crippen molar-refractivity contribution in [2.45, 2.75) is 62.6 Å². The van der Waals surface area contributed by atoms with Crippen molar-refractivity contribution in [3.8, 4) is 0 Å². The standard InChI is InChI=1S/C38H50N4O4S/c1-6-21-40(26-28-15-11-10-12-16-28)35(44)32-31-25-27(5)38(47-31)33(32)36(45)42(23-13-14-24-43)34(38)37(46)41(22-7-2)30-19-17-29(18-20-30)39(8-3)9-4/h6-7,10-12,15-20,27,31-34,43H,1-2,8-9,13-14,21-26H2,3-5H3/t27?,31-,32+,33+,34?,38?/m1/s1. The Bertz CT molecular complexity index is 1430. The molecule has 5 rings (SSSR count). The fourth-order valence-electron chi connectivity index (χ4n) is 8.15. The molecular formula is C38H50N4O4S. The molecule has 2 aromatic rings. The van der Waals surface area contributed by atoms with Crippen LogP contribution < -0.4 is 9.80 Å². The predicted octanol–water partition coefficient (Wildman–Crippen LogP) is 5.38. The lowest BCUT2D eigenvalue weighted by Gasteiger charge is -2.41. The maximum atomic E-state index is 15.0. The first-order valence-electron chi connectivity index (χ1n) is 17.1.